The van der Waals surface area contributed by atoms with Crippen LogP contribution in [0, 0.1) is 6.92 Å². The molecule has 2 aromatic heterocycles. The van der Waals surface area contributed by atoms with Crippen LogP contribution in [-0.2, 0) is 27.3 Å². The standard InChI is InChI=1S/C27H28N2O5S/c1-4-31-23(27(30)32-5-2)15-19-6-12-22(13-7-19)33-16-25-18(3)14-24(35-25)20-8-10-21(11-9-20)26-29-28-17-34-26/h6-14,17,23H,4-5,15-16H2,1-3H3/t23-/m0/s1. The number of ether oxygens (including phenoxy) is 3. The van der Waals surface area contributed by atoms with Crippen molar-refractivity contribution in [1.29, 1.82) is 0 Å². The van der Waals surface area contributed by atoms with E-state index in [0.29, 0.717) is 32.1 Å². The van der Waals surface area contributed by atoms with E-state index in [0.717, 1.165) is 22.4 Å². The van der Waals surface area contributed by atoms with Gasteiger partial charge in [0.25, 0.3) is 0 Å². The maximum Gasteiger partial charge on any atom is 0.335 e. The molecule has 4 rings (SSSR count). The largest absolute Gasteiger partial charge is 0.488 e. The Kier molecular flexibility index (Phi) is 8.28. The molecule has 2 aromatic carbocycles. The van der Waals surface area contributed by atoms with Crippen molar-refractivity contribution < 1.29 is 23.4 Å². The molecular weight excluding hydrogens is 464 g/mol. The van der Waals surface area contributed by atoms with Crippen LogP contribution in [0.1, 0.15) is 29.9 Å². The number of carbonyl (C=O) groups excluding carboxylic acids is 1. The van der Waals surface area contributed by atoms with E-state index in [1.54, 1.807) is 18.3 Å². The third-order valence-corrected chi connectivity index (χ3v) is 6.69. The quantitative estimate of drug-likeness (QED) is 0.242. The summed E-state index contributed by atoms with van der Waals surface area (Å²) in [6.07, 6.45) is 1.19. The number of benzene rings is 2. The van der Waals surface area contributed by atoms with Crippen molar-refractivity contribution in [3.05, 3.63) is 77.0 Å². The first-order valence-electron chi connectivity index (χ1n) is 11.5. The van der Waals surface area contributed by atoms with E-state index in [9.17, 15) is 4.79 Å². The maximum absolute atomic E-state index is 12.1. The summed E-state index contributed by atoms with van der Waals surface area (Å²) in [4.78, 5) is 14.4. The van der Waals surface area contributed by atoms with Crippen LogP contribution in [0.3, 0.4) is 0 Å². The Bertz CT molecular complexity index is 1220. The molecule has 182 valence electrons. The Hall–Kier alpha value is -3.49. The Labute approximate surface area is 208 Å². The molecule has 0 radical (unpaired) electrons. The van der Waals surface area contributed by atoms with Gasteiger partial charge in [-0.25, -0.2) is 4.79 Å². The van der Waals surface area contributed by atoms with E-state index in [-0.39, 0.29) is 5.97 Å². The number of aromatic nitrogens is 2. The van der Waals surface area contributed by atoms with E-state index < -0.39 is 6.10 Å². The molecule has 0 saturated heterocycles. The Morgan fingerprint density at radius 1 is 1.03 bits per heavy atom. The zero-order valence-electron chi connectivity index (χ0n) is 20.0. The third kappa shape index (κ3) is 6.35. The van der Waals surface area contributed by atoms with Gasteiger partial charge in [0.2, 0.25) is 12.3 Å². The highest BCUT2D eigenvalue weighted by Crippen LogP contribution is 2.33. The smallest absolute Gasteiger partial charge is 0.335 e. The first-order chi connectivity index (χ1) is 17.1. The first-order valence-corrected chi connectivity index (χ1v) is 12.3. The highest BCUT2D eigenvalue weighted by atomic mass is 32.1. The lowest BCUT2D eigenvalue weighted by Gasteiger charge is -2.15. The number of hydrogen-bond acceptors (Lipinski definition) is 8. The molecule has 0 saturated carbocycles. The average Bonchev–Trinajstić information content (AvgIpc) is 3.54. The normalized spacial score (nSPS) is 11.9. The van der Waals surface area contributed by atoms with Crippen molar-refractivity contribution in [2.24, 2.45) is 0 Å². The molecule has 8 heteroatoms. The van der Waals surface area contributed by atoms with Crippen LogP contribution in [0.4, 0.5) is 0 Å². The molecule has 0 bridgehead atoms. The SMILES string of the molecule is CCOC(=O)[C@H](Cc1ccc(OCc2sc(-c3ccc(-c4nnco4)cc3)cc2C)cc1)OCC. The lowest BCUT2D eigenvalue weighted by Crippen LogP contribution is -2.28. The molecule has 35 heavy (non-hydrogen) atoms. The molecule has 0 spiro atoms. The summed E-state index contributed by atoms with van der Waals surface area (Å²) in [6.45, 7) is 7.03. The van der Waals surface area contributed by atoms with Crippen LogP contribution in [0.25, 0.3) is 21.9 Å². The fourth-order valence-electron chi connectivity index (χ4n) is 3.61. The molecule has 0 aliphatic carbocycles. The minimum Gasteiger partial charge on any atom is -0.488 e. The van der Waals surface area contributed by atoms with Crippen molar-refractivity contribution in [3.8, 4) is 27.6 Å². The van der Waals surface area contributed by atoms with Crippen LogP contribution in [-0.4, -0.2) is 35.5 Å². The van der Waals surface area contributed by atoms with Gasteiger partial charge in [0.15, 0.2) is 6.10 Å². The predicted molar refractivity (Wildman–Crippen MR) is 134 cm³/mol. The summed E-state index contributed by atoms with van der Waals surface area (Å²) in [6, 6.07) is 18.0. The molecule has 4 aromatic rings. The van der Waals surface area contributed by atoms with Gasteiger partial charge < -0.3 is 18.6 Å². The summed E-state index contributed by atoms with van der Waals surface area (Å²) in [5.74, 6) is 0.951. The van der Waals surface area contributed by atoms with Gasteiger partial charge in [-0.3, -0.25) is 0 Å². The highest BCUT2D eigenvalue weighted by molar-refractivity contribution is 7.15. The minimum absolute atomic E-state index is 0.331. The number of hydrogen-bond donors (Lipinski definition) is 0. The van der Waals surface area contributed by atoms with Crippen molar-refractivity contribution in [1.82, 2.24) is 10.2 Å². The number of rotatable bonds is 11. The molecule has 0 aliphatic heterocycles. The number of thiophene rings is 1. The second-order valence-corrected chi connectivity index (χ2v) is 9.01. The third-order valence-electron chi connectivity index (χ3n) is 5.43. The van der Waals surface area contributed by atoms with Crippen molar-refractivity contribution in [2.75, 3.05) is 13.2 Å². The minimum atomic E-state index is -0.597. The highest BCUT2D eigenvalue weighted by Gasteiger charge is 2.20. The molecule has 0 unspecified atom stereocenters. The van der Waals surface area contributed by atoms with Crippen LogP contribution in [0.5, 0.6) is 5.75 Å². The van der Waals surface area contributed by atoms with Gasteiger partial charge in [0, 0.05) is 28.3 Å². The zero-order chi connectivity index (χ0) is 24.6. The average molecular weight is 493 g/mol. The van der Waals surface area contributed by atoms with E-state index in [1.165, 1.54) is 21.7 Å². The van der Waals surface area contributed by atoms with Gasteiger partial charge in [-0.2, -0.15) is 0 Å². The maximum atomic E-state index is 12.1. The number of aryl methyl sites for hydroxylation is 1. The topological polar surface area (TPSA) is 83.7 Å². The Morgan fingerprint density at radius 3 is 2.43 bits per heavy atom. The summed E-state index contributed by atoms with van der Waals surface area (Å²) in [7, 11) is 0. The molecule has 1 atom stereocenters. The second-order valence-electron chi connectivity index (χ2n) is 7.87. The molecular formula is C27H28N2O5S. The summed E-state index contributed by atoms with van der Waals surface area (Å²) >= 11 is 1.72. The fourth-order valence-corrected chi connectivity index (χ4v) is 4.71. The monoisotopic (exact) mass is 492 g/mol. The molecule has 0 N–H and O–H groups in total. The van der Waals surface area contributed by atoms with E-state index in [2.05, 4.69) is 35.3 Å². The predicted octanol–water partition coefficient (Wildman–Crippen LogP) is 5.86. The molecule has 0 aliphatic rings. The van der Waals surface area contributed by atoms with Gasteiger partial charge in [-0.1, -0.05) is 24.3 Å². The van der Waals surface area contributed by atoms with Gasteiger partial charge in [-0.05, 0) is 67.8 Å². The van der Waals surface area contributed by atoms with E-state index >= 15 is 0 Å². The van der Waals surface area contributed by atoms with Gasteiger partial charge in [0.05, 0.1) is 6.61 Å². The molecule has 0 amide bonds. The van der Waals surface area contributed by atoms with E-state index in [1.807, 2.05) is 43.3 Å². The molecule has 2 heterocycles. The lowest BCUT2D eigenvalue weighted by molar-refractivity contribution is -0.156. The Balaban J connectivity index is 1.36. The van der Waals surface area contributed by atoms with Gasteiger partial charge in [0.1, 0.15) is 12.4 Å². The Morgan fingerprint density at radius 2 is 1.77 bits per heavy atom. The van der Waals surface area contributed by atoms with Crippen LogP contribution < -0.4 is 4.74 Å². The van der Waals surface area contributed by atoms with Crippen LogP contribution in [0.15, 0.2) is 65.4 Å². The zero-order valence-corrected chi connectivity index (χ0v) is 20.8. The van der Waals surface area contributed by atoms with Crippen molar-refractivity contribution in [3.63, 3.8) is 0 Å². The van der Waals surface area contributed by atoms with Crippen molar-refractivity contribution >= 4 is 17.3 Å². The van der Waals surface area contributed by atoms with Crippen LogP contribution >= 0.6 is 11.3 Å². The number of nitrogens with zero attached hydrogens (tertiary/aromatic N) is 2. The lowest BCUT2D eigenvalue weighted by atomic mass is 10.1. The number of carbonyl (C=O) groups is 1. The van der Waals surface area contributed by atoms with Gasteiger partial charge >= 0.3 is 5.97 Å². The summed E-state index contributed by atoms with van der Waals surface area (Å²) in [5, 5.41) is 7.67. The van der Waals surface area contributed by atoms with Crippen LogP contribution in [0.2, 0.25) is 0 Å². The first kappa shape index (κ1) is 24.6. The fraction of sp³-hybridized carbons (Fsp3) is 0.296. The summed E-state index contributed by atoms with van der Waals surface area (Å²) < 4.78 is 22.0. The second kappa shape index (κ2) is 11.8. The molecule has 0 fully saturated rings. The molecule has 7 nitrogen and oxygen atoms in total. The van der Waals surface area contributed by atoms with Gasteiger partial charge in [-0.15, -0.1) is 21.5 Å². The number of esters is 1. The van der Waals surface area contributed by atoms with E-state index in [4.69, 9.17) is 18.6 Å². The summed E-state index contributed by atoms with van der Waals surface area (Å²) in [5.41, 5.74) is 4.20. The van der Waals surface area contributed by atoms with Crippen molar-refractivity contribution in [2.45, 2.75) is 39.9 Å².